The van der Waals surface area contributed by atoms with E-state index in [1.165, 1.54) is 6.20 Å². The van der Waals surface area contributed by atoms with Crippen LogP contribution in [0.2, 0.25) is 5.02 Å². The van der Waals surface area contributed by atoms with Crippen LogP contribution in [0.25, 0.3) is 0 Å². The summed E-state index contributed by atoms with van der Waals surface area (Å²) in [7, 11) is 0. The molecule has 1 aromatic heterocycles. The summed E-state index contributed by atoms with van der Waals surface area (Å²) in [6, 6.07) is 1.67. The van der Waals surface area contributed by atoms with Crippen LogP contribution in [0.5, 0.6) is 0 Å². The summed E-state index contributed by atoms with van der Waals surface area (Å²) in [5.41, 5.74) is 1.18. The number of aryl methyl sites for hydroxylation is 1. The molecular weight excluding hydrogens is 280 g/mol. The lowest BCUT2D eigenvalue weighted by Gasteiger charge is -2.31. The normalized spacial score (nSPS) is 16.2. The highest BCUT2D eigenvalue weighted by molar-refractivity contribution is 6.33. The van der Waals surface area contributed by atoms with Crippen molar-refractivity contribution in [1.82, 2.24) is 9.88 Å². The molecule has 0 bridgehead atoms. The number of aromatic nitrogens is 1. The number of pyridine rings is 1. The average Bonchev–Trinajstić information content (AvgIpc) is 2.38. The minimum absolute atomic E-state index is 0.128. The van der Waals surface area contributed by atoms with E-state index in [9.17, 15) is 9.59 Å². The number of piperidine rings is 1. The molecule has 0 spiro atoms. The van der Waals surface area contributed by atoms with Crippen molar-refractivity contribution in [3.8, 4) is 0 Å². The van der Waals surface area contributed by atoms with Gasteiger partial charge in [0.05, 0.1) is 10.6 Å². The molecule has 0 radical (unpaired) electrons. The Morgan fingerprint density at radius 1 is 1.45 bits per heavy atom. The van der Waals surface area contributed by atoms with Crippen molar-refractivity contribution in [2.45, 2.75) is 26.2 Å². The molecule has 1 aliphatic heterocycles. The number of carboxylic acids is 1. The van der Waals surface area contributed by atoms with Gasteiger partial charge in [-0.25, -0.2) is 0 Å². The molecule has 1 amide bonds. The number of carboxylic acid groups (broad SMARTS) is 1. The van der Waals surface area contributed by atoms with E-state index in [4.69, 9.17) is 16.7 Å². The first-order valence-electron chi connectivity index (χ1n) is 6.60. The number of carbonyl (C=O) groups is 2. The van der Waals surface area contributed by atoms with Crippen LogP contribution in [0, 0.1) is 12.8 Å². The summed E-state index contributed by atoms with van der Waals surface area (Å²) in [5, 5.41) is 9.19. The highest BCUT2D eigenvalue weighted by Crippen LogP contribution is 2.24. The molecule has 0 saturated carbocycles. The van der Waals surface area contributed by atoms with E-state index < -0.39 is 5.97 Å². The highest BCUT2D eigenvalue weighted by atomic mass is 35.5. The summed E-state index contributed by atoms with van der Waals surface area (Å²) >= 11 is 6.08. The molecule has 1 N–H and O–H groups in total. The van der Waals surface area contributed by atoms with Crippen molar-refractivity contribution in [1.29, 1.82) is 0 Å². The molecule has 0 unspecified atom stereocenters. The lowest BCUT2D eigenvalue weighted by atomic mass is 9.93. The zero-order valence-corrected chi connectivity index (χ0v) is 12.1. The molecule has 1 aromatic rings. The largest absolute Gasteiger partial charge is 0.481 e. The second kappa shape index (κ2) is 6.22. The molecule has 0 aliphatic carbocycles. The van der Waals surface area contributed by atoms with Crippen LogP contribution in [0.3, 0.4) is 0 Å². The van der Waals surface area contributed by atoms with Crippen LogP contribution in [0.1, 0.15) is 35.3 Å². The minimum Gasteiger partial charge on any atom is -0.481 e. The zero-order valence-electron chi connectivity index (χ0n) is 11.3. The van der Waals surface area contributed by atoms with Crippen molar-refractivity contribution in [2.24, 2.45) is 5.92 Å². The Balaban J connectivity index is 1.99. The molecule has 1 aliphatic rings. The SMILES string of the molecule is Cc1cc(Cl)c(C(=O)N2CCC(CC(=O)O)CC2)cn1. The van der Waals surface area contributed by atoms with Crippen molar-refractivity contribution < 1.29 is 14.7 Å². The van der Waals surface area contributed by atoms with Crippen molar-refractivity contribution in [3.63, 3.8) is 0 Å². The Kier molecular flexibility index (Phi) is 4.60. The Hall–Kier alpha value is -1.62. The van der Waals surface area contributed by atoms with E-state index in [1.807, 2.05) is 6.92 Å². The Labute approximate surface area is 122 Å². The predicted molar refractivity (Wildman–Crippen MR) is 74.9 cm³/mol. The van der Waals surface area contributed by atoms with E-state index in [0.717, 1.165) is 18.5 Å². The molecule has 1 saturated heterocycles. The van der Waals surface area contributed by atoms with Gasteiger partial charge in [0.1, 0.15) is 0 Å². The Bertz CT molecular complexity index is 525. The standard InChI is InChI=1S/C14H17ClN2O3/c1-9-6-12(15)11(8-16-9)14(20)17-4-2-10(3-5-17)7-13(18)19/h6,8,10H,2-5,7H2,1H3,(H,18,19). The van der Waals surface area contributed by atoms with Crippen molar-refractivity contribution >= 4 is 23.5 Å². The maximum Gasteiger partial charge on any atom is 0.303 e. The fourth-order valence-electron chi connectivity index (χ4n) is 2.44. The lowest BCUT2D eigenvalue weighted by Crippen LogP contribution is -2.39. The molecule has 20 heavy (non-hydrogen) atoms. The predicted octanol–water partition coefficient (Wildman–Crippen LogP) is 2.37. The van der Waals surface area contributed by atoms with Gasteiger partial charge in [0.2, 0.25) is 0 Å². The van der Waals surface area contributed by atoms with Gasteiger partial charge in [-0.05, 0) is 31.7 Å². The zero-order chi connectivity index (χ0) is 14.7. The van der Waals surface area contributed by atoms with Crippen LogP contribution < -0.4 is 0 Å². The van der Waals surface area contributed by atoms with E-state index in [1.54, 1.807) is 11.0 Å². The maximum atomic E-state index is 12.3. The van der Waals surface area contributed by atoms with Crippen molar-refractivity contribution in [3.05, 3.63) is 28.5 Å². The van der Waals surface area contributed by atoms with E-state index in [0.29, 0.717) is 23.7 Å². The van der Waals surface area contributed by atoms with Gasteiger partial charge in [-0.15, -0.1) is 0 Å². The van der Waals surface area contributed by atoms with Gasteiger partial charge in [-0.1, -0.05) is 11.6 Å². The minimum atomic E-state index is -0.777. The number of nitrogens with zero attached hydrogens (tertiary/aromatic N) is 2. The summed E-state index contributed by atoms with van der Waals surface area (Å²) in [4.78, 5) is 28.8. The van der Waals surface area contributed by atoms with Gasteiger partial charge in [0.15, 0.2) is 0 Å². The molecule has 108 valence electrons. The summed E-state index contributed by atoms with van der Waals surface area (Å²) < 4.78 is 0. The van der Waals surface area contributed by atoms with Gasteiger partial charge in [-0.3, -0.25) is 14.6 Å². The Morgan fingerprint density at radius 3 is 2.65 bits per heavy atom. The number of rotatable bonds is 3. The molecule has 0 aromatic carbocycles. The Morgan fingerprint density at radius 2 is 2.10 bits per heavy atom. The van der Waals surface area contributed by atoms with Gasteiger partial charge in [-0.2, -0.15) is 0 Å². The molecule has 0 atom stereocenters. The molecule has 2 rings (SSSR count). The first-order chi connectivity index (χ1) is 9.47. The number of halogens is 1. The quantitative estimate of drug-likeness (QED) is 0.929. The number of likely N-dealkylation sites (tertiary alicyclic amines) is 1. The first-order valence-corrected chi connectivity index (χ1v) is 6.98. The fraction of sp³-hybridized carbons (Fsp3) is 0.500. The molecular formula is C14H17ClN2O3. The summed E-state index contributed by atoms with van der Waals surface area (Å²) in [6.45, 7) is 2.96. The van der Waals surface area contributed by atoms with E-state index in [2.05, 4.69) is 4.98 Å². The third kappa shape index (κ3) is 3.48. The number of hydrogen-bond acceptors (Lipinski definition) is 3. The monoisotopic (exact) mass is 296 g/mol. The highest BCUT2D eigenvalue weighted by Gasteiger charge is 2.26. The second-order valence-corrected chi connectivity index (χ2v) is 5.55. The summed E-state index contributed by atoms with van der Waals surface area (Å²) in [5.74, 6) is -0.750. The number of amides is 1. The van der Waals surface area contributed by atoms with Gasteiger partial charge in [0.25, 0.3) is 5.91 Å². The third-order valence-electron chi connectivity index (χ3n) is 3.59. The molecule has 2 heterocycles. The van der Waals surface area contributed by atoms with Crippen LogP contribution in [0.15, 0.2) is 12.3 Å². The fourth-order valence-corrected chi connectivity index (χ4v) is 2.73. The van der Waals surface area contributed by atoms with E-state index >= 15 is 0 Å². The first kappa shape index (κ1) is 14.8. The second-order valence-electron chi connectivity index (χ2n) is 5.14. The van der Waals surface area contributed by atoms with E-state index in [-0.39, 0.29) is 18.2 Å². The number of aliphatic carboxylic acids is 1. The smallest absolute Gasteiger partial charge is 0.303 e. The molecule has 5 nitrogen and oxygen atoms in total. The van der Waals surface area contributed by atoms with Crippen LogP contribution in [-0.4, -0.2) is 40.0 Å². The van der Waals surface area contributed by atoms with Gasteiger partial charge < -0.3 is 10.0 Å². The van der Waals surface area contributed by atoms with Crippen molar-refractivity contribution in [2.75, 3.05) is 13.1 Å². The molecule has 1 fully saturated rings. The van der Waals surface area contributed by atoms with Crippen LogP contribution >= 0.6 is 11.6 Å². The lowest BCUT2D eigenvalue weighted by molar-refractivity contribution is -0.138. The number of carbonyl (C=O) groups excluding carboxylic acids is 1. The van der Waals surface area contributed by atoms with Crippen LogP contribution in [0.4, 0.5) is 0 Å². The number of hydrogen-bond donors (Lipinski definition) is 1. The van der Waals surface area contributed by atoms with Gasteiger partial charge >= 0.3 is 5.97 Å². The maximum absolute atomic E-state index is 12.3. The van der Waals surface area contributed by atoms with Crippen LogP contribution in [-0.2, 0) is 4.79 Å². The third-order valence-corrected chi connectivity index (χ3v) is 3.90. The molecule has 6 heteroatoms. The topological polar surface area (TPSA) is 70.5 Å². The average molecular weight is 297 g/mol. The summed E-state index contributed by atoms with van der Waals surface area (Å²) in [6.07, 6.45) is 3.11. The van der Waals surface area contributed by atoms with Gasteiger partial charge in [0, 0.05) is 31.4 Å².